The Bertz CT molecular complexity index is 1290. The van der Waals surface area contributed by atoms with E-state index in [1.54, 1.807) is 69.3 Å². The van der Waals surface area contributed by atoms with Gasteiger partial charge >= 0.3 is 6.09 Å². The molecule has 3 aromatic rings. The van der Waals surface area contributed by atoms with E-state index in [1.807, 2.05) is 0 Å². The Kier molecular flexibility index (Phi) is 7.07. The Morgan fingerprint density at radius 1 is 1.03 bits per heavy atom. The summed E-state index contributed by atoms with van der Waals surface area (Å²) in [6, 6.07) is 14.7. The number of halogens is 1. The zero-order valence-electron chi connectivity index (χ0n) is 19.7. The minimum absolute atomic E-state index is 0.322. The maximum Gasteiger partial charge on any atom is 0.412 e. The molecule has 0 spiro atoms. The van der Waals surface area contributed by atoms with Crippen LogP contribution in [0.5, 0.6) is 0 Å². The summed E-state index contributed by atoms with van der Waals surface area (Å²) < 4.78 is 34.9. The summed E-state index contributed by atoms with van der Waals surface area (Å²) in [5, 5.41) is 5.17. The number of carbonyl (C=O) groups is 2. The normalized spacial score (nSPS) is 15.9. The third kappa shape index (κ3) is 6.14. The van der Waals surface area contributed by atoms with E-state index in [0.717, 1.165) is 24.3 Å². The summed E-state index contributed by atoms with van der Waals surface area (Å²) in [6.45, 7) is 5.98. The van der Waals surface area contributed by atoms with E-state index in [9.17, 15) is 18.2 Å². The van der Waals surface area contributed by atoms with Crippen molar-refractivity contribution in [2.45, 2.75) is 37.7 Å². The molecule has 1 aliphatic heterocycles. The first-order chi connectivity index (χ1) is 16.5. The van der Waals surface area contributed by atoms with Gasteiger partial charge in [-0.25, -0.2) is 4.79 Å². The molecule has 0 bridgehead atoms. The zero-order chi connectivity index (χ0) is 25.2. The number of nitrogens with one attached hydrogen (secondary N) is 3. The summed E-state index contributed by atoms with van der Waals surface area (Å²) in [4.78, 5) is 26.8. The van der Waals surface area contributed by atoms with E-state index >= 15 is 0 Å². The average molecular weight is 518 g/mol. The van der Waals surface area contributed by atoms with Crippen molar-refractivity contribution in [2.75, 3.05) is 22.9 Å². The van der Waals surface area contributed by atoms with Crippen LogP contribution < -0.4 is 15.4 Å². The minimum atomic E-state index is -2.59. The third-order valence-corrected chi connectivity index (χ3v) is 9.06. The molecule has 7 nitrogen and oxygen atoms in total. The van der Waals surface area contributed by atoms with Crippen LogP contribution in [0, 0.1) is 5.13 Å². The lowest BCUT2D eigenvalue weighted by molar-refractivity contribution is 0.0635. The fourth-order valence-electron chi connectivity index (χ4n) is 3.70. The molecule has 0 unspecified atom stereocenters. The van der Waals surface area contributed by atoms with Crippen molar-refractivity contribution in [1.29, 1.82) is 0 Å². The molecule has 0 saturated carbocycles. The highest BCUT2D eigenvalue weighted by atomic mass is 32.3. The molecule has 2 amide bonds. The number of carbonyl (C=O) groups excluding carboxylic acids is 2. The van der Waals surface area contributed by atoms with Crippen LogP contribution >= 0.6 is 11.3 Å². The zero-order valence-corrected chi connectivity index (χ0v) is 21.4. The molecule has 186 valence electrons. The molecule has 10 heteroatoms. The van der Waals surface area contributed by atoms with Crippen LogP contribution in [0.2, 0.25) is 0 Å². The van der Waals surface area contributed by atoms with Crippen molar-refractivity contribution in [3.63, 3.8) is 0 Å². The van der Waals surface area contributed by atoms with Gasteiger partial charge in [-0.1, -0.05) is 6.07 Å². The highest BCUT2D eigenvalue weighted by molar-refractivity contribution is 8.01. The molecule has 35 heavy (non-hydrogen) atoms. The maximum atomic E-state index is 13.6. The van der Waals surface area contributed by atoms with E-state index in [1.165, 1.54) is 6.07 Å². The van der Waals surface area contributed by atoms with Gasteiger partial charge in [0.1, 0.15) is 5.60 Å². The van der Waals surface area contributed by atoms with Gasteiger partial charge in [-0.3, -0.25) is 19.0 Å². The van der Waals surface area contributed by atoms with E-state index in [0.29, 0.717) is 38.0 Å². The Morgan fingerprint density at radius 2 is 1.77 bits per heavy atom. The number of hydrogen-bond donors (Lipinski definition) is 4. The van der Waals surface area contributed by atoms with Gasteiger partial charge in [-0.2, -0.15) is 4.39 Å². The summed E-state index contributed by atoms with van der Waals surface area (Å²) in [7, 11) is -2.59. The molecule has 4 rings (SSSR count). The monoisotopic (exact) mass is 517 g/mol. The fourth-order valence-corrected chi connectivity index (χ4v) is 6.78. The highest BCUT2D eigenvalue weighted by Gasteiger charge is 2.23. The quantitative estimate of drug-likeness (QED) is 0.339. The number of anilines is 2. The van der Waals surface area contributed by atoms with Crippen LogP contribution in [0.15, 0.2) is 59.5 Å². The smallest absolute Gasteiger partial charge is 0.412 e. The van der Waals surface area contributed by atoms with Gasteiger partial charge in [-0.15, -0.1) is 11.3 Å². The van der Waals surface area contributed by atoms with Crippen molar-refractivity contribution in [3.05, 3.63) is 65.3 Å². The standard InChI is InChI=1S/C25H28FN3O4S2/c1-25(2,3)33-24(31)29-19-10-7-17(21-11-12-22(26)34-21)15-20(19)28-23(30)16-5-8-18(9-6-16)35(32)14-4-13-27-35/h5-12,15,35H,4,13-14H2,1-3H3,(H,27,32)(H,28,30)(H,29,31). The van der Waals surface area contributed by atoms with Gasteiger partial charge in [0, 0.05) is 27.6 Å². The summed E-state index contributed by atoms with van der Waals surface area (Å²) in [5.41, 5.74) is 1.03. The van der Waals surface area contributed by atoms with Crippen molar-refractivity contribution < 1.29 is 22.9 Å². The number of amides is 2. The molecule has 2 heterocycles. The first-order valence-electron chi connectivity index (χ1n) is 11.2. The van der Waals surface area contributed by atoms with Crippen molar-refractivity contribution in [2.24, 2.45) is 0 Å². The van der Waals surface area contributed by atoms with E-state index < -0.39 is 27.7 Å². The van der Waals surface area contributed by atoms with Gasteiger partial charge in [0.25, 0.3) is 5.91 Å². The lowest BCUT2D eigenvalue weighted by Crippen LogP contribution is -2.27. The summed E-state index contributed by atoms with van der Waals surface area (Å²) in [5.74, 6) is 0.199. The number of hydrogen-bond acceptors (Lipinski definition) is 5. The number of rotatable bonds is 5. The largest absolute Gasteiger partial charge is 0.444 e. The molecule has 3 N–H and O–H groups in total. The number of ether oxygens (including phenoxy) is 1. The number of benzene rings is 2. The van der Waals surface area contributed by atoms with Crippen molar-refractivity contribution in [3.8, 4) is 10.4 Å². The third-order valence-electron chi connectivity index (χ3n) is 5.32. The maximum absolute atomic E-state index is 13.6. The molecule has 2 aromatic carbocycles. The van der Waals surface area contributed by atoms with Crippen LogP contribution in [-0.2, 0) is 14.9 Å². The van der Waals surface area contributed by atoms with Gasteiger partial charge < -0.3 is 10.1 Å². The average Bonchev–Trinajstić information content (AvgIpc) is 3.43. The Labute approximate surface area is 208 Å². The summed E-state index contributed by atoms with van der Waals surface area (Å²) >= 11 is 0.982. The van der Waals surface area contributed by atoms with Gasteiger partial charge in [0.05, 0.1) is 11.4 Å². The van der Waals surface area contributed by atoms with Gasteiger partial charge in [-0.05, 0) is 91.4 Å². The molecule has 0 radical (unpaired) electrons. The van der Waals surface area contributed by atoms with Crippen LogP contribution in [0.3, 0.4) is 0 Å². The first kappa shape index (κ1) is 25.0. The van der Waals surface area contributed by atoms with E-state index in [-0.39, 0.29) is 5.13 Å². The van der Waals surface area contributed by atoms with Gasteiger partial charge in [0.2, 0.25) is 0 Å². The second-order valence-electron chi connectivity index (χ2n) is 9.22. The molecule has 1 fully saturated rings. The Balaban J connectivity index is 1.59. The highest BCUT2D eigenvalue weighted by Crippen LogP contribution is 2.33. The molecule has 0 atom stereocenters. The lowest BCUT2D eigenvalue weighted by atomic mass is 10.1. The second-order valence-corrected chi connectivity index (χ2v) is 13.0. The van der Waals surface area contributed by atoms with Crippen molar-refractivity contribution in [1.82, 2.24) is 4.72 Å². The van der Waals surface area contributed by atoms with Gasteiger partial charge in [0.15, 0.2) is 5.13 Å². The fraction of sp³-hybridized carbons (Fsp3) is 0.280. The predicted octanol–water partition coefficient (Wildman–Crippen LogP) is 5.44. The van der Waals surface area contributed by atoms with Crippen LogP contribution in [0.25, 0.3) is 10.4 Å². The predicted molar refractivity (Wildman–Crippen MR) is 139 cm³/mol. The van der Waals surface area contributed by atoms with Crippen LogP contribution in [-0.4, -0.2) is 34.1 Å². The minimum Gasteiger partial charge on any atom is -0.444 e. The first-order valence-corrected chi connectivity index (χ1v) is 13.9. The Hall–Kier alpha value is -3.08. The van der Waals surface area contributed by atoms with E-state index in [4.69, 9.17) is 4.74 Å². The molecule has 1 saturated heterocycles. The molecule has 0 aliphatic carbocycles. The van der Waals surface area contributed by atoms with Crippen LogP contribution in [0.4, 0.5) is 20.6 Å². The summed E-state index contributed by atoms with van der Waals surface area (Å²) in [6.07, 6.45) is 0.193. The molecular formula is C25H28FN3O4S2. The second kappa shape index (κ2) is 9.88. The van der Waals surface area contributed by atoms with E-state index in [2.05, 4.69) is 15.4 Å². The van der Waals surface area contributed by atoms with Crippen molar-refractivity contribution >= 4 is 44.8 Å². The van der Waals surface area contributed by atoms with Crippen LogP contribution in [0.1, 0.15) is 37.6 Å². The molecular weight excluding hydrogens is 489 g/mol. The molecule has 1 aromatic heterocycles. The number of thiol groups is 1. The topological polar surface area (TPSA) is 96.5 Å². The lowest BCUT2D eigenvalue weighted by Gasteiger charge is -2.21. The molecule has 1 aliphatic rings. The Morgan fingerprint density at radius 3 is 2.37 bits per heavy atom. The number of thiophene rings is 1. The SMILES string of the molecule is CC(C)(C)OC(=O)Nc1ccc(-c2ccc(F)s2)cc1NC(=O)c1ccc([SH]2(=O)CCCN2)cc1.